The quantitative estimate of drug-likeness (QED) is 0.840. The maximum absolute atomic E-state index is 12.9. The Balaban J connectivity index is 1.72. The lowest BCUT2D eigenvalue weighted by molar-refractivity contribution is 0.0736. The van der Waals surface area contributed by atoms with Crippen LogP contribution in [0.1, 0.15) is 28.8 Å². The van der Waals surface area contributed by atoms with Crippen molar-refractivity contribution in [2.24, 2.45) is 0 Å². The van der Waals surface area contributed by atoms with E-state index >= 15 is 0 Å². The molecule has 1 aliphatic heterocycles. The maximum Gasteiger partial charge on any atom is 0.255 e. The molecule has 25 heavy (non-hydrogen) atoms. The standard InChI is InChI=1S/C20H25N3O2/c1-22(2)19-10-9-16(14-21-19)20(24)23-11-5-7-17(23)12-15-6-4-8-18(13-15)25-3/h4,6,8-10,13-14,17H,5,7,11-12H2,1-3H3. The summed E-state index contributed by atoms with van der Waals surface area (Å²) in [5.74, 6) is 1.78. The Bertz CT molecular complexity index is 728. The molecule has 1 aromatic carbocycles. The Morgan fingerprint density at radius 1 is 1.32 bits per heavy atom. The number of hydrogen-bond donors (Lipinski definition) is 0. The van der Waals surface area contributed by atoms with Gasteiger partial charge >= 0.3 is 0 Å². The van der Waals surface area contributed by atoms with Gasteiger partial charge in [0.1, 0.15) is 11.6 Å². The van der Waals surface area contributed by atoms with Crippen molar-refractivity contribution in [1.82, 2.24) is 9.88 Å². The molecule has 0 saturated carbocycles. The third kappa shape index (κ3) is 3.92. The summed E-state index contributed by atoms with van der Waals surface area (Å²) in [7, 11) is 5.55. The molecule has 1 aromatic heterocycles. The van der Waals surface area contributed by atoms with Crippen molar-refractivity contribution in [3.05, 3.63) is 53.7 Å². The third-order valence-corrected chi connectivity index (χ3v) is 4.70. The van der Waals surface area contributed by atoms with E-state index in [-0.39, 0.29) is 11.9 Å². The lowest BCUT2D eigenvalue weighted by Crippen LogP contribution is -2.36. The SMILES string of the molecule is COc1cccc(CC2CCCN2C(=O)c2ccc(N(C)C)nc2)c1. The number of amides is 1. The average Bonchev–Trinajstić information content (AvgIpc) is 3.09. The molecule has 132 valence electrons. The van der Waals surface area contributed by atoms with Crippen LogP contribution in [0, 0.1) is 0 Å². The van der Waals surface area contributed by atoms with E-state index in [2.05, 4.69) is 17.1 Å². The van der Waals surface area contributed by atoms with Crippen LogP contribution in [-0.2, 0) is 6.42 Å². The van der Waals surface area contributed by atoms with Crippen molar-refractivity contribution in [1.29, 1.82) is 0 Å². The molecule has 0 bridgehead atoms. The minimum atomic E-state index is 0.0724. The van der Waals surface area contributed by atoms with Crippen molar-refractivity contribution in [2.45, 2.75) is 25.3 Å². The fraction of sp³-hybridized carbons (Fsp3) is 0.400. The summed E-state index contributed by atoms with van der Waals surface area (Å²) in [6.07, 6.45) is 4.61. The molecule has 0 aliphatic carbocycles. The number of rotatable bonds is 5. The van der Waals surface area contributed by atoms with Crippen molar-refractivity contribution in [2.75, 3.05) is 32.6 Å². The molecule has 1 atom stereocenters. The number of carbonyl (C=O) groups is 1. The maximum atomic E-state index is 12.9. The predicted octanol–water partition coefficient (Wildman–Crippen LogP) is 3.00. The number of pyridine rings is 1. The smallest absolute Gasteiger partial charge is 0.255 e. The number of nitrogens with zero attached hydrogens (tertiary/aromatic N) is 3. The normalized spacial score (nSPS) is 16.8. The molecule has 3 rings (SSSR count). The largest absolute Gasteiger partial charge is 0.497 e. The van der Waals surface area contributed by atoms with Crippen molar-refractivity contribution in [3.8, 4) is 5.75 Å². The Morgan fingerprint density at radius 3 is 2.84 bits per heavy atom. The number of aromatic nitrogens is 1. The van der Waals surface area contributed by atoms with Crippen LogP contribution < -0.4 is 9.64 Å². The van der Waals surface area contributed by atoms with Crippen LogP contribution in [0.15, 0.2) is 42.6 Å². The van der Waals surface area contributed by atoms with E-state index in [9.17, 15) is 4.79 Å². The van der Waals surface area contributed by atoms with Gasteiger partial charge in [-0.25, -0.2) is 4.98 Å². The summed E-state index contributed by atoms with van der Waals surface area (Å²) in [4.78, 5) is 21.2. The second-order valence-electron chi connectivity index (χ2n) is 6.65. The van der Waals surface area contributed by atoms with Gasteiger partial charge in [-0.15, -0.1) is 0 Å². The second-order valence-corrected chi connectivity index (χ2v) is 6.65. The van der Waals surface area contributed by atoms with Gasteiger partial charge in [0.05, 0.1) is 12.7 Å². The second kappa shape index (κ2) is 7.55. The Labute approximate surface area is 149 Å². The first-order valence-corrected chi connectivity index (χ1v) is 8.66. The number of ether oxygens (including phenoxy) is 1. The number of likely N-dealkylation sites (tertiary alicyclic amines) is 1. The van der Waals surface area contributed by atoms with Gasteiger partial charge < -0.3 is 14.5 Å². The molecule has 1 unspecified atom stereocenters. The van der Waals surface area contributed by atoms with Crippen LogP contribution in [-0.4, -0.2) is 49.6 Å². The van der Waals surface area contributed by atoms with E-state index in [1.165, 1.54) is 5.56 Å². The van der Waals surface area contributed by atoms with E-state index in [0.29, 0.717) is 5.56 Å². The Morgan fingerprint density at radius 2 is 2.16 bits per heavy atom. The van der Waals surface area contributed by atoms with Gasteiger partial charge in [-0.1, -0.05) is 12.1 Å². The minimum absolute atomic E-state index is 0.0724. The highest BCUT2D eigenvalue weighted by atomic mass is 16.5. The molecule has 1 fully saturated rings. The van der Waals surface area contributed by atoms with Crippen LogP contribution in [0.4, 0.5) is 5.82 Å². The molecule has 1 saturated heterocycles. The zero-order valence-electron chi connectivity index (χ0n) is 15.1. The number of methoxy groups -OCH3 is 1. The zero-order valence-corrected chi connectivity index (χ0v) is 15.1. The lowest BCUT2D eigenvalue weighted by atomic mass is 10.0. The number of benzene rings is 1. The predicted molar refractivity (Wildman–Crippen MR) is 99.3 cm³/mol. The molecule has 5 nitrogen and oxygen atoms in total. The van der Waals surface area contributed by atoms with E-state index in [1.54, 1.807) is 13.3 Å². The summed E-state index contributed by atoms with van der Waals surface area (Å²) in [6.45, 7) is 0.808. The van der Waals surface area contributed by atoms with Gasteiger partial charge in [0.2, 0.25) is 0 Å². The van der Waals surface area contributed by atoms with Crippen molar-refractivity contribution >= 4 is 11.7 Å². The van der Waals surface area contributed by atoms with Gasteiger partial charge in [-0.3, -0.25) is 4.79 Å². The fourth-order valence-corrected chi connectivity index (χ4v) is 3.33. The minimum Gasteiger partial charge on any atom is -0.497 e. The first-order chi connectivity index (χ1) is 12.1. The molecule has 0 spiro atoms. The molecule has 1 aliphatic rings. The van der Waals surface area contributed by atoms with Crippen LogP contribution >= 0.6 is 0 Å². The number of carbonyl (C=O) groups excluding carboxylic acids is 1. The highest BCUT2D eigenvalue weighted by Gasteiger charge is 2.29. The van der Waals surface area contributed by atoms with Gasteiger partial charge in [0, 0.05) is 32.9 Å². The summed E-state index contributed by atoms with van der Waals surface area (Å²) in [5, 5.41) is 0. The molecular formula is C20H25N3O2. The first kappa shape index (κ1) is 17.3. The molecule has 0 N–H and O–H groups in total. The third-order valence-electron chi connectivity index (χ3n) is 4.70. The molecule has 1 amide bonds. The van der Waals surface area contributed by atoms with Crippen molar-refractivity contribution in [3.63, 3.8) is 0 Å². The van der Waals surface area contributed by atoms with Gasteiger partial charge in [0.25, 0.3) is 5.91 Å². The van der Waals surface area contributed by atoms with E-state index in [0.717, 1.165) is 37.4 Å². The summed E-state index contributed by atoms with van der Waals surface area (Å²) < 4.78 is 5.30. The first-order valence-electron chi connectivity index (χ1n) is 8.66. The summed E-state index contributed by atoms with van der Waals surface area (Å²) in [6, 6.07) is 12.1. The topological polar surface area (TPSA) is 45.7 Å². The van der Waals surface area contributed by atoms with E-state index < -0.39 is 0 Å². The molecule has 2 aromatic rings. The zero-order chi connectivity index (χ0) is 17.8. The van der Waals surface area contributed by atoms with Crippen LogP contribution in [0.2, 0.25) is 0 Å². The molecule has 0 radical (unpaired) electrons. The van der Waals surface area contributed by atoms with Crippen LogP contribution in [0.3, 0.4) is 0 Å². The molecule has 2 heterocycles. The number of anilines is 1. The summed E-state index contributed by atoms with van der Waals surface area (Å²) >= 11 is 0. The Hall–Kier alpha value is -2.56. The van der Waals surface area contributed by atoms with Gasteiger partial charge in [0.15, 0.2) is 0 Å². The van der Waals surface area contributed by atoms with Gasteiger partial charge in [-0.05, 0) is 49.1 Å². The highest BCUT2D eigenvalue weighted by Crippen LogP contribution is 2.25. The summed E-state index contributed by atoms with van der Waals surface area (Å²) in [5.41, 5.74) is 1.85. The van der Waals surface area contributed by atoms with Crippen molar-refractivity contribution < 1.29 is 9.53 Å². The molecular weight excluding hydrogens is 314 g/mol. The number of hydrogen-bond acceptors (Lipinski definition) is 4. The highest BCUT2D eigenvalue weighted by molar-refractivity contribution is 5.94. The van der Waals surface area contributed by atoms with E-state index in [4.69, 9.17) is 4.74 Å². The Kier molecular flexibility index (Phi) is 5.22. The van der Waals surface area contributed by atoms with Crippen LogP contribution in [0.25, 0.3) is 0 Å². The van der Waals surface area contributed by atoms with Crippen LogP contribution in [0.5, 0.6) is 5.75 Å². The molecule has 5 heteroatoms. The lowest BCUT2D eigenvalue weighted by Gasteiger charge is -2.25. The monoisotopic (exact) mass is 339 g/mol. The van der Waals surface area contributed by atoms with E-state index in [1.807, 2.05) is 48.2 Å². The fourth-order valence-electron chi connectivity index (χ4n) is 3.33. The average molecular weight is 339 g/mol. The van der Waals surface area contributed by atoms with Gasteiger partial charge in [-0.2, -0.15) is 0 Å².